The summed E-state index contributed by atoms with van der Waals surface area (Å²) in [7, 11) is 0. The van der Waals surface area contributed by atoms with Gasteiger partial charge >= 0.3 is 0 Å². The number of aromatic amines is 1. The van der Waals surface area contributed by atoms with Crippen LogP contribution in [0.15, 0.2) is 31.9 Å². The van der Waals surface area contributed by atoms with E-state index in [1.54, 1.807) is 6.07 Å². The minimum atomic E-state index is -0.141. The first-order valence-electron chi connectivity index (χ1n) is 5.81. The minimum absolute atomic E-state index is 0.141. The Balaban J connectivity index is 2.14. The predicted octanol–water partition coefficient (Wildman–Crippen LogP) is 4.49. The third-order valence-electron chi connectivity index (χ3n) is 3.05. The summed E-state index contributed by atoms with van der Waals surface area (Å²) >= 11 is 12.7. The zero-order valence-electron chi connectivity index (χ0n) is 9.71. The van der Waals surface area contributed by atoms with Crippen LogP contribution in [0.5, 0.6) is 0 Å². The number of hydrogen-bond acceptors (Lipinski definition) is 2. The van der Waals surface area contributed by atoms with Crippen molar-refractivity contribution < 1.29 is 0 Å². The summed E-state index contributed by atoms with van der Waals surface area (Å²) in [6.07, 6.45) is 2.19. The molecule has 19 heavy (non-hydrogen) atoms. The van der Waals surface area contributed by atoms with Crippen molar-refractivity contribution in [3.63, 3.8) is 0 Å². The van der Waals surface area contributed by atoms with Gasteiger partial charge in [-0.3, -0.25) is 4.79 Å². The summed E-state index contributed by atoms with van der Waals surface area (Å²) in [5.74, 6) is 0.985. The fourth-order valence-electron chi connectivity index (χ4n) is 1.88. The van der Waals surface area contributed by atoms with Crippen molar-refractivity contribution in [1.29, 1.82) is 0 Å². The summed E-state index contributed by atoms with van der Waals surface area (Å²) in [5.41, 5.74) is 1.55. The molecule has 1 saturated carbocycles. The lowest BCUT2D eigenvalue weighted by Gasteiger charge is -2.07. The molecule has 1 aromatic heterocycles. The van der Waals surface area contributed by atoms with Crippen molar-refractivity contribution in [2.75, 3.05) is 0 Å². The highest BCUT2D eigenvalue weighted by molar-refractivity contribution is 9.10. The van der Waals surface area contributed by atoms with E-state index in [4.69, 9.17) is 11.6 Å². The summed E-state index contributed by atoms with van der Waals surface area (Å²) in [6, 6.07) is 5.47. The molecule has 0 saturated heterocycles. The molecule has 3 nitrogen and oxygen atoms in total. The first kappa shape index (κ1) is 13.3. The second-order valence-electron chi connectivity index (χ2n) is 4.52. The third-order valence-corrected chi connectivity index (χ3v) is 5.03. The Kier molecular flexibility index (Phi) is 3.53. The van der Waals surface area contributed by atoms with Gasteiger partial charge in [0.1, 0.15) is 10.3 Å². The lowest BCUT2D eigenvalue weighted by molar-refractivity contribution is 0.960. The van der Waals surface area contributed by atoms with Gasteiger partial charge in [-0.1, -0.05) is 11.6 Å². The molecule has 1 aliphatic rings. The standard InChI is InChI=1S/C13H9Br2ClN2O/c14-8-5-7(3-4-9(8)16)12-17-11(6-1-2-6)10(15)13(19)18-12/h3-6H,1-2H2,(H,17,18,19). The number of hydrogen-bond donors (Lipinski definition) is 1. The molecule has 1 heterocycles. The average molecular weight is 404 g/mol. The summed E-state index contributed by atoms with van der Waals surface area (Å²) in [6.45, 7) is 0. The molecule has 0 radical (unpaired) electrons. The molecule has 6 heteroatoms. The quantitative estimate of drug-likeness (QED) is 0.802. The van der Waals surface area contributed by atoms with Gasteiger partial charge in [0.05, 0.1) is 10.7 Å². The summed E-state index contributed by atoms with van der Waals surface area (Å²) in [4.78, 5) is 19.3. The number of nitrogens with zero attached hydrogens (tertiary/aromatic N) is 1. The monoisotopic (exact) mass is 402 g/mol. The normalized spacial score (nSPS) is 14.7. The van der Waals surface area contributed by atoms with Gasteiger partial charge in [0, 0.05) is 16.0 Å². The zero-order chi connectivity index (χ0) is 13.6. The Morgan fingerprint density at radius 1 is 1.32 bits per heavy atom. The van der Waals surface area contributed by atoms with Gasteiger partial charge in [-0.25, -0.2) is 4.98 Å². The molecule has 1 fully saturated rings. The molecule has 0 unspecified atom stereocenters. The van der Waals surface area contributed by atoms with Gasteiger partial charge in [0.2, 0.25) is 0 Å². The van der Waals surface area contributed by atoms with E-state index in [2.05, 4.69) is 41.8 Å². The second kappa shape index (κ2) is 5.04. The van der Waals surface area contributed by atoms with E-state index in [0.717, 1.165) is 28.6 Å². The molecule has 0 aliphatic heterocycles. The Morgan fingerprint density at radius 2 is 2.05 bits per heavy atom. The van der Waals surface area contributed by atoms with E-state index in [9.17, 15) is 4.79 Å². The number of H-pyrrole nitrogens is 1. The van der Waals surface area contributed by atoms with Crippen molar-refractivity contribution in [1.82, 2.24) is 9.97 Å². The van der Waals surface area contributed by atoms with Crippen LogP contribution >= 0.6 is 43.5 Å². The number of benzene rings is 1. The number of halogens is 3. The van der Waals surface area contributed by atoms with Crippen molar-refractivity contribution >= 4 is 43.5 Å². The van der Waals surface area contributed by atoms with Gasteiger partial charge < -0.3 is 4.98 Å². The molecule has 0 amide bonds. The van der Waals surface area contributed by atoms with Crippen molar-refractivity contribution in [3.05, 3.63) is 48.2 Å². The van der Waals surface area contributed by atoms with Crippen LogP contribution in [0.25, 0.3) is 11.4 Å². The van der Waals surface area contributed by atoms with Crippen molar-refractivity contribution in [3.8, 4) is 11.4 Å². The highest BCUT2D eigenvalue weighted by atomic mass is 79.9. The number of aromatic nitrogens is 2. The molecule has 2 aromatic rings. The zero-order valence-corrected chi connectivity index (χ0v) is 13.6. The summed E-state index contributed by atoms with van der Waals surface area (Å²) in [5, 5.41) is 0.630. The predicted molar refractivity (Wildman–Crippen MR) is 82.7 cm³/mol. The maximum Gasteiger partial charge on any atom is 0.265 e. The van der Waals surface area contributed by atoms with E-state index in [1.165, 1.54) is 0 Å². The molecule has 98 valence electrons. The van der Waals surface area contributed by atoms with Crippen LogP contribution in [0.4, 0.5) is 0 Å². The van der Waals surface area contributed by atoms with Crippen LogP contribution in [-0.2, 0) is 0 Å². The third kappa shape index (κ3) is 2.64. The van der Waals surface area contributed by atoms with E-state index in [-0.39, 0.29) is 5.56 Å². The molecular formula is C13H9Br2ClN2O. The first-order valence-corrected chi connectivity index (χ1v) is 7.78. The second-order valence-corrected chi connectivity index (χ2v) is 6.57. The molecule has 3 rings (SSSR count). The van der Waals surface area contributed by atoms with Crippen molar-refractivity contribution in [2.24, 2.45) is 0 Å². The van der Waals surface area contributed by atoms with Crippen LogP contribution in [0.2, 0.25) is 5.02 Å². The highest BCUT2D eigenvalue weighted by Gasteiger charge is 2.29. The number of nitrogens with one attached hydrogen (secondary N) is 1. The SMILES string of the molecule is O=c1[nH]c(-c2ccc(Cl)c(Br)c2)nc(C2CC2)c1Br. The Hall–Kier alpha value is -0.650. The van der Waals surface area contributed by atoms with Gasteiger partial charge in [0.25, 0.3) is 5.56 Å². The maximum absolute atomic E-state index is 11.9. The molecule has 1 N–H and O–H groups in total. The Bertz CT molecular complexity index is 710. The first-order chi connectivity index (χ1) is 9.06. The average Bonchev–Trinajstić information content (AvgIpc) is 3.20. The fraction of sp³-hybridized carbons (Fsp3) is 0.231. The number of rotatable bonds is 2. The molecule has 0 spiro atoms. The maximum atomic E-state index is 11.9. The molecule has 1 aromatic carbocycles. The van der Waals surface area contributed by atoms with Crippen LogP contribution in [0.3, 0.4) is 0 Å². The molecule has 1 aliphatic carbocycles. The van der Waals surface area contributed by atoms with E-state index < -0.39 is 0 Å². The molecule has 0 bridgehead atoms. The highest BCUT2D eigenvalue weighted by Crippen LogP contribution is 2.41. The molecular weight excluding hydrogens is 395 g/mol. The van der Waals surface area contributed by atoms with Gasteiger partial charge in [-0.2, -0.15) is 0 Å². The Morgan fingerprint density at radius 3 is 2.68 bits per heavy atom. The Labute approximate surface area is 131 Å². The topological polar surface area (TPSA) is 45.8 Å². The summed E-state index contributed by atoms with van der Waals surface area (Å²) < 4.78 is 1.33. The van der Waals surface area contributed by atoms with Gasteiger partial charge in [0.15, 0.2) is 0 Å². The molecule has 0 atom stereocenters. The van der Waals surface area contributed by atoms with Gasteiger partial charge in [-0.05, 0) is 62.9 Å². The van der Waals surface area contributed by atoms with Crippen LogP contribution in [0.1, 0.15) is 24.5 Å². The smallest absolute Gasteiger partial charge is 0.265 e. The van der Waals surface area contributed by atoms with Crippen LogP contribution in [0, 0.1) is 0 Å². The van der Waals surface area contributed by atoms with E-state index in [1.807, 2.05) is 12.1 Å². The largest absolute Gasteiger partial charge is 0.306 e. The van der Waals surface area contributed by atoms with Crippen LogP contribution < -0.4 is 5.56 Å². The lowest BCUT2D eigenvalue weighted by Crippen LogP contribution is -2.13. The lowest BCUT2D eigenvalue weighted by atomic mass is 10.2. The fourth-order valence-corrected chi connectivity index (χ4v) is 2.89. The van der Waals surface area contributed by atoms with Gasteiger partial charge in [-0.15, -0.1) is 0 Å². The minimum Gasteiger partial charge on any atom is -0.306 e. The van der Waals surface area contributed by atoms with E-state index in [0.29, 0.717) is 21.2 Å². The van der Waals surface area contributed by atoms with Crippen LogP contribution in [-0.4, -0.2) is 9.97 Å². The van der Waals surface area contributed by atoms with E-state index >= 15 is 0 Å². The van der Waals surface area contributed by atoms with Crippen molar-refractivity contribution in [2.45, 2.75) is 18.8 Å².